The van der Waals surface area contributed by atoms with Gasteiger partial charge in [0.05, 0.1) is 5.69 Å². The summed E-state index contributed by atoms with van der Waals surface area (Å²) in [6.45, 7) is 10.1. The summed E-state index contributed by atoms with van der Waals surface area (Å²) < 4.78 is 14.7. The quantitative estimate of drug-likeness (QED) is 0.892. The molecule has 0 spiro atoms. The molecule has 144 valence electrons. The van der Waals surface area contributed by atoms with E-state index in [1.165, 1.54) is 6.07 Å². The van der Waals surface area contributed by atoms with Gasteiger partial charge in [-0.3, -0.25) is 4.79 Å². The van der Waals surface area contributed by atoms with Gasteiger partial charge in [0.1, 0.15) is 5.82 Å². The van der Waals surface area contributed by atoms with Crippen LogP contribution in [0.15, 0.2) is 18.2 Å². The lowest BCUT2D eigenvalue weighted by atomic mass is 9.90. The van der Waals surface area contributed by atoms with Crippen molar-refractivity contribution >= 4 is 11.6 Å². The Bertz CT molecular complexity index is 620. The van der Waals surface area contributed by atoms with Gasteiger partial charge in [0, 0.05) is 50.9 Å². The van der Waals surface area contributed by atoms with Gasteiger partial charge >= 0.3 is 0 Å². The number of hydrogen-bond acceptors (Lipinski definition) is 4. The molecule has 0 aromatic heterocycles. The van der Waals surface area contributed by atoms with Crippen LogP contribution in [0.2, 0.25) is 0 Å². The summed E-state index contributed by atoms with van der Waals surface area (Å²) in [5.41, 5.74) is 7.01. The zero-order valence-corrected chi connectivity index (χ0v) is 16.0. The van der Waals surface area contributed by atoms with Crippen molar-refractivity contribution in [2.75, 3.05) is 50.7 Å². The predicted molar refractivity (Wildman–Crippen MR) is 103 cm³/mol. The molecular formula is C20H31FN4O. The van der Waals surface area contributed by atoms with E-state index in [2.05, 4.69) is 16.7 Å². The van der Waals surface area contributed by atoms with Crippen LogP contribution in [0.5, 0.6) is 0 Å². The Hall–Kier alpha value is -1.66. The number of carbonyl (C=O) groups excluding carboxylic acids is 1. The zero-order chi connectivity index (χ0) is 18.7. The molecule has 2 heterocycles. The Morgan fingerprint density at radius 2 is 1.85 bits per heavy atom. The molecular weight excluding hydrogens is 331 g/mol. The van der Waals surface area contributed by atoms with Crippen LogP contribution in [-0.4, -0.2) is 67.6 Å². The van der Waals surface area contributed by atoms with Gasteiger partial charge in [0.25, 0.3) is 5.91 Å². The Balaban J connectivity index is 1.63. The minimum Gasteiger partial charge on any atom is -0.367 e. The van der Waals surface area contributed by atoms with E-state index in [0.29, 0.717) is 30.3 Å². The molecule has 0 aliphatic carbocycles. The van der Waals surface area contributed by atoms with E-state index in [9.17, 15) is 9.18 Å². The fourth-order valence-electron chi connectivity index (χ4n) is 4.01. The van der Waals surface area contributed by atoms with Gasteiger partial charge in [-0.2, -0.15) is 0 Å². The lowest BCUT2D eigenvalue weighted by Crippen LogP contribution is -2.46. The number of nitrogens with two attached hydrogens (primary N) is 1. The van der Waals surface area contributed by atoms with Crippen LogP contribution in [0.1, 0.15) is 37.0 Å². The Morgan fingerprint density at radius 1 is 1.19 bits per heavy atom. The van der Waals surface area contributed by atoms with Crippen molar-refractivity contribution in [1.82, 2.24) is 9.80 Å². The van der Waals surface area contributed by atoms with E-state index in [-0.39, 0.29) is 17.8 Å². The summed E-state index contributed by atoms with van der Waals surface area (Å²) in [6, 6.07) is 5.10. The standard InChI is InChI=1S/C20H31FN4O/c1-3-23-10-12-24(13-11-23)19-5-4-17(14-18(19)21)20(26)25-8-6-16(7-9-25)15(2)22/h4-5,14-16H,3,6-13,22H2,1-2H3. The first-order valence-electron chi connectivity index (χ1n) is 9.81. The monoisotopic (exact) mass is 362 g/mol. The van der Waals surface area contributed by atoms with Crippen LogP contribution >= 0.6 is 0 Å². The first-order chi connectivity index (χ1) is 12.5. The number of hydrogen-bond donors (Lipinski definition) is 1. The average molecular weight is 362 g/mol. The second-order valence-corrected chi connectivity index (χ2v) is 7.58. The van der Waals surface area contributed by atoms with E-state index in [1.54, 1.807) is 12.1 Å². The number of nitrogens with zero attached hydrogens (tertiary/aromatic N) is 3. The second-order valence-electron chi connectivity index (χ2n) is 7.58. The van der Waals surface area contributed by atoms with Crippen LogP contribution in [0, 0.1) is 11.7 Å². The molecule has 0 radical (unpaired) electrons. The van der Waals surface area contributed by atoms with Gasteiger partial charge in [0.15, 0.2) is 0 Å². The fourth-order valence-corrected chi connectivity index (χ4v) is 4.01. The number of benzene rings is 1. The third-order valence-electron chi connectivity index (χ3n) is 5.93. The highest BCUT2D eigenvalue weighted by atomic mass is 19.1. The zero-order valence-electron chi connectivity index (χ0n) is 16.0. The minimum absolute atomic E-state index is 0.0747. The van der Waals surface area contributed by atoms with Crippen LogP contribution in [0.4, 0.5) is 10.1 Å². The maximum atomic E-state index is 14.7. The molecule has 1 unspecified atom stereocenters. The number of piperidine rings is 1. The summed E-state index contributed by atoms with van der Waals surface area (Å²) in [4.78, 5) is 19.0. The molecule has 6 heteroatoms. The van der Waals surface area contributed by atoms with Crippen molar-refractivity contribution < 1.29 is 9.18 Å². The molecule has 2 aliphatic rings. The molecule has 0 saturated carbocycles. The highest BCUT2D eigenvalue weighted by Crippen LogP contribution is 2.25. The number of halogens is 1. The lowest BCUT2D eigenvalue weighted by molar-refractivity contribution is 0.0680. The van der Waals surface area contributed by atoms with Crippen LogP contribution in [-0.2, 0) is 0 Å². The number of carbonyl (C=O) groups is 1. The second kappa shape index (κ2) is 8.35. The van der Waals surface area contributed by atoms with E-state index in [4.69, 9.17) is 5.73 Å². The molecule has 0 bridgehead atoms. The number of rotatable bonds is 4. The molecule has 1 aromatic rings. The Kier molecular flexibility index (Phi) is 6.14. The maximum absolute atomic E-state index is 14.7. The van der Waals surface area contributed by atoms with Crippen molar-refractivity contribution in [2.45, 2.75) is 32.7 Å². The van der Waals surface area contributed by atoms with Crippen molar-refractivity contribution in [3.05, 3.63) is 29.6 Å². The lowest BCUT2D eigenvalue weighted by Gasteiger charge is -2.36. The number of amides is 1. The summed E-state index contributed by atoms with van der Waals surface area (Å²) in [6.07, 6.45) is 1.84. The summed E-state index contributed by atoms with van der Waals surface area (Å²) in [5.74, 6) is 0.0978. The van der Waals surface area contributed by atoms with Crippen molar-refractivity contribution in [3.8, 4) is 0 Å². The summed E-state index contributed by atoms with van der Waals surface area (Å²) in [7, 11) is 0. The van der Waals surface area contributed by atoms with Crippen LogP contribution < -0.4 is 10.6 Å². The molecule has 3 rings (SSSR count). The molecule has 1 amide bonds. The normalized spacial score (nSPS) is 21.1. The molecule has 5 nitrogen and oxygen atoms in total. The molecule has 1 aromatic carbocycles. The topological polar surface area (TPSA) is 52.8 Å². The van der Waals surface area contributed by atoms with Crippen molar-refractivity contribution in [2.24, 2.45) is 11.7 Å². The summed E-state index contributed by atoms with van der Waals surface area (Å²) in [5, 5.41) is 0. The van der Waals surface area contributed by atoms with E-state index in [0.717, 1.165) is 45.6 Å². The van der Waals surface area contributed by atoms with E-state index < -0.39 is 0 Å². The third-order valence-corrected chi connectivity index (χ3v) is 5.93. The highest BCUT2D eigenvalue weighted by molar-refractivity contribution is 5.94. The predicted octanol–water partition coefficient (Wildman–Crippen LogP) is 2.17. The van der Waals surface area contributed by atoms with Crippen LogP contribution in [0.25, 0.3) is 0 Å². The third kappa shape index (κ3) is 4.18. The number of likely N-dealkylation sites (tertiary alicyclic amines) is 1. The first-order valence-corrected chi connectivity index (χ1v) is 9.81. The average Bonchev–Trinajstić information content (AvgIpc) is 2.67. The molecule has 26 heavy (non-hydrogen) atoms. The summed E-state index contributed by atoms with van der Waals surface area (Å²) >= 11 is 0. The largest absolute Gasteiger partial charge is 0.367 e. The Morgan fingerprint density at radius 3 is 2.38 bits per heavy atom. The van der Waals surface area contributed by atoms with E-state index >= 15 is 0 Å². The van der Waals surface area contributed by atoms with Crippen LogP contribution in [0.3, 0.4) is 0 Å². The van der Waals surface area contributed by atoms with Gasteiger partial charge in [-0.15, -0.1) is 0 Å². The molecule has 1 atom stereocenters. The van der Waals surface area contributed by atoms with E-state index in [1.807, 2.05) is 11.8 Å². The molecule has 2 aliphatic heterocycles. The van der Waals surface area contributed by atoms with Gasteiger partial charge in [0.2, 0.25) is 0 Å². The van der Waals surface area contributed by atoms with Gasteiger partial charge in [-0.05, 0) is 50.4 Å². The minimum atomic E-state index is -0.300. The van der Waals surface area contributed by atoms with Crippen molar-refractivity contribution in [3.63, 3.8) is 0 Å². The number of anilines is 1. The highest BCUT2D eigenvalue weighted by Gasteiger charge is 2.26. The molecule has 2 N–H and O–H groups in total. The fraction of sp³-hybridized carbons (Fsp3) is 0.650. The van der Waals surface area contributed by atoms with Crippen molar-refractivity contribution in [1.29, 1.82) is 0 Å². The molecule has 2 fully saturated rings. The number of likely N-dealkylation sites (N-methyl/N-ethyl adjacent to an activating group) is 1. The van der Waals surface area contributed by atoms with Gasteiger partial charge < -0.3 is 20.4 Å². The smallest absolute Gasteiger partial charge is 0.253 e. The van der Waals surface area contributed by atoms with Gasteiger partial charge in [-0.25, -0.2) is 4.39 Å². The first kappa shape index (κ1) is 19.1. The Labute approximate surface area is 155 Å². The SMILES string of the molecule is CCN1CCN(c2ccc(C(=O)N3CCC(C(C)N)CC3)cc2F)CC1. The van der Waals surface area contributed by atoms with Gasteiger partial charge in [-0.1, -0.05) is 6.92 Å². The molecule has 2 saturated heterocycles. The maximum Gasteiger partial charge on any atom is 0.253 e. The number of piperazine rings is 1.